The zero-order valence-corrected chi connectivity index (χ0v) is 11.0. The van der Waals surface area contributed by atoms with Crippen LogP contribution in [0.4, 0.5) is 0 Å². The minimum Gasteiger partial charge on any atom is -0.465 e. The Balaban J connectivity index is 1.92. The first kappa shape index (κ1) is 13.6. The Labute approximate surface area is 111 Å². The van der Waals surface area contributed by atoms with Gasteiger partial charge in [0.05, 0.1) is 13.7 Å². The Morgan fingerprint density at radius 1 is 1.53 bits per heavy atom. The van der Waals surface area contributed by atoms with E-state index in [-0.39, 0.29) is 18.6 Å². The number of esters is 1. The summed E-state index contributed by atoms with van der Waals surface area (Å²) in [6, 6.07) is 1.58. The van der Waals surface area contributed by atoms with Crippen LogP contribution in [0, 0.1) is 6.92 Å². The van der Waals surface area contributed by atoms with Gasteiger partial charge < -0.3 is 19.2 Å². The van der Waals surface area contributed by atoms with E-state index in [1.165, 1.54) is 7.11 Å². The van der Waals surface area contributed by atoms with Crippen molar-refractivity contribution in [2.24, 2.45) is 0 Å². The molecule has 6 nitrogen and oxygen atoms in total. The molecule has 19 heavy (non-hydrogen) atoms. The van der Waals surface area contributed by atoms with Crippen LogP contribution in [-0.2, 0) is 20.8 Å². The molecule has 2 rings (SSSR count). The zero-order chi connectivity index (χ0) is 13.8. The molecule has 0 aliphatic carbocycles. The number of methoxy groups -OCH3 is 1. The van der Waals surface area contributed by atoms with Gasteiger partial charge in [0.25, 0.3) is 0 Å². The molecule has 6 heteroatoms. The molecule has 0 bridgehead atoms. The molecule has 1 aliphatic heterocycles. The molecule has 0 aromatic carbocycles. The fourth-order valence-electron chi connectivity index (χ4n) is 2.02. The van der Waals surface area contributed by atoms with Crippen molar-refractivity contribution in [3.63, 3.8) is 0 Å². The van der Waals surface area contributed by atoms with Gasteiger partial charge >= 0.3 is 5.97 Å². The molecule has 1 atom stereocenters. The van der Waals surface area contributed by atoms with E-state index in [4.69, 9.17) is 9.15 Å². The molecule has 1 aliphatic rings. The van der Waals surface area contributed by atoms with Crippen molar-refractivity contribution in [2.45, 2.75) is 32.4 Å². The average Bonchev–Trinajstić information content (AvgIpc) is 3.04. The molecule has 2 heterocycles. The summed E-state index contributed by atoms with van der Waals surface area (Å²) in [7, 11) is 1.31. The van der Waals surface area contributed by atoms with E-state index >= 15 is 0 Å². The first-order chi connectivity index (χ1) is 9.11. The summed E-state index contributed by atoms with van der Waals surface area (Å²) < 4.78 is 15.3. The van der Waals surface area contributed by atoms with Crippen LogP contribution in [0.25, 0.3) is 0 Å². The van der Waals surface area contributed by atoms with Gasteiger partial charge in [-0.25, -0.2) is 4.79 Å². The highest BCUT2D eigenvalue weighted by Crippen LogP contribution is 2.16. The molecule has 1 fully saturated rings. The van der Waals surface area contributed by atoms with Crippen molar-refractivity contribution >= 4 is 11.9 Å². The summed E-state index contributed by atoms with van der Waals surface area (Å²) >= 11 is 0. The Morgan fingerprint density at radius 2 is 2.32 bits per heavy atom. The molecule has 1 saturated heterocycles. The van der Waals surface area contributed by atoms with Gasteiger partial charge in [-0.2, -0.15) is 0 Å². The average molecular weight is 267 g/mol. The second kappa shape index (κ2) is 5.88. The Bertz CT molecular complexity index is 473. The Morgan fingerprint density at radius 3 is 2.95 bits per heavy atom. The summed E-state index contributed by atoms with van der Waals surface area (Å²) in [5, 5.41) is 2.73. The van der Waals surface area contributed by atoms with E-state index in [0.717, 1.165) is 12.8 Å². The molecule has 104 valence electrons. The summed E-state index contributed by atoms with van der Waals surface area (Å²) in [4.78, 5) is 23.1. The highest BCUT2D eigenvalue weighted by Gasteiger charge is 2.23. The standard InChI is InChI=1S/C13H17NO5/c1-8-10(13(16)17-2)6-9(19-8)7-14-12(15)11-4-3-5-18-11/h6,11H,3-5,7H2,1-2H3,(H,14,15). The number of nitrogens with one attached hydrogen (secondary N) is 1. The minimum atomic E-state index is -0.446. The van der Waals surface area contributed by atoms with Gasteiger partial charge in [-0.1, -0.05) is 0 Å². The highest BCUT2D eigenvalue weighted by atomic mass is 16.5. The van der Waals surface area contributed by atoms with Gasteiger partial charge in [-0.05, 0) is 25.8 Å². The summed E-state index contributed by atoms with van der Waals surface area (Å²) in [6.07, 6.45) is 1.29. The predicted octanol–water partition coefficient (Wildman–Crippen LogP) is 1.17. The van der Waals surface area contributed by atoms with Crippen molar-refractivity contribution in [3.05, 3.63) is 23.2 Å². The number of amides is 1. The van der Waals surface area contributed by atoms with Gasteiger partial charge in [-0.15, -0.1) is 0 Å². The molecule has 1 aromatic rings. The van der Waals surface area contributed by atoms with Crippen LogP contribution >= 0.6 is 0 Å². The number of hydrogen-bond acceptors (Lipinski definition) is 5. The fraction of sp³-hybridized carbons (Fsp3) is 0.538. The first-order valence-electron chi connectivity index (χ1n) is 6.18. The zero-order valence-electron chi connectivity index (χ0n) is 11.0. The van der Waals surface area contributed by atoms with Gasteiger partial charge in [0.15, 0.2) is 0 Å². The highest BCUT2D eigenvalue weighted by molar-refractivity contribution is 5.90. The summed E-state index contributed by atoms with van der Waals surface area (Å²) in [5.74, 6) is 0.404. The smallest absolute Gasteiger partial charge is 0.341 e. The largest absolute Gasteiger partial charge is 0.465 e. The van der Waals surface area contributed by atoms with Crippen LogP contribution in [-0.4, -0.2) is 31.7 Å². The number of hydrogen-bond donors (Lipinski definition) is 1. The molecule has 1 amide bonds. The number of rotatable bonds is 4. The van der Waals surface area contributed by atoms with Gasteiger partial charge in [0.1, 0.15) is 23.2 Å². The van der Waals surface area contributed by atoms with Crippen molar-refractivity contribution < 1.29 is 23.5 Å². The van der Waals surface area contributed by atoms with E-state index in [9.17, 15) is 9.59 Å². The molecule has 0 spiro atoms. The first-order valence-corrected chi connectivity index (χ1v) is 6.18. The third kappa shape index (κ3) is 3.14. The lowest BCUT2D eigenvalue weighted by molar-refractivity contribution is -0.130. The van der Waals surface area contributed by atoms with Crippen LogP contribution in [0.1, 0.15) is 34.7 Å². The lowest BCUT2D eigenvalue weighted by Gasteiger charge is -2.08. The van der Waals surface area contributed by atoms with Gasteiger partial charge in [0, 0.05) is 6.61 Å². The maximum atomic E-state index is 11.7. The molecule has 1 aromatic heterocycles. The monoisotopic (exact) mass is 267 g/mol. The van der Waals surface area contributed by atoms with Crippen molar-refractivity contribution in [3.8, 4) is 0 Å². The Hall–Kier alpha value is -1.82. The fourth-order valence-corrected chi connectivity index (χ4v) is 2.02. The van der Waals surface area contributed by atoms with Crippen LogP contribution in [0.3, 0.4) is 0 Å². The maximum Gasteiger partial charge on any atom is 0.341 e. The van der Waals surface area contributed by atoms with E-state index in [1.54, 1.807) is 13.0 Å². The molecule has 1 unspecified atom stereocenters. The quantitative estimate of drug-likeness (QED) is 0.828. The minimum absolute atomic E-state index is 0.147. The molecule has 0 radical (unpaired) electrons. The summed E-state index contributed by atoms with van der Waals surface area (Å²) in [5.41, 5.74) is 0.379. The summed E-state index contributed by atoms with van der Waals surface area (Å²) in [6.45, 7) is 2.54. The maximum absolute atomic E-state index is 11.7. The Kier molecular flexibility index (Phi) is 4.21. The molecular formula is C13H17NO5. The van der Waals surface area contributed by atoms with Crippen LogP contribution in [0.2, 0.25) is 0 Å². The van der Waals surface area contributed by atoms with E-state index in [0.29, 0.717) is 23.7 Å². The molecule has 1 N–H and O–H groups in total. The lowest BCUT2D eigenvalue weighted by Crippen LogP contribution is -2.33. The number of carbonyl (C=O) groups excluding carboxylic acids is 2. The number of ether oxygens (including phenoxy) is 2. The van der Waals surface area contributed by atoms with Crippen molar-refractivity contribution in [2.75, 3.05) is 13.7 Å². The third-order valence-corrected chi connectivity index (χ3v) is 3.03. The topological polar surface area (TPSA) is 77.8 Å². The lowest BCUT2D eigenvalue weighted by atomic mass is 10.2. The number of carbonyl (C=O) groups is 2. The second-order valence-electron chi connectivity index (χ2n) is 4.39. The van der Waals surface area contributed by atoms with Crippen LogP contribution in [0.5, 0.6) is 0 Å². The van der Waals surface area contributed by atoms with Crippen molar-refractivity contribution in [1.29, 1.82) is 0 Å². The SMILES string of the molecule is COC(=O)c1cc(CNC(=O)C2CCCO2)oc1C. The van der Waals surface area contributed by atoms with Crippen LogP contribution < -0.4 is 5.32 Å². The molecular weight excluding hydrogens is 250 g/mol. The van der Waals surface area contributed by atoms with E-state index in [2.05, 4.69) is 10.1 Å². The third-order valence-electron chi connectivity index (χ3n) is 3.03. The van der Waals surface area contributed by atoms with E-state index < -0.39 is 5.97 Å². The predicted molar refractivity (Wildman–Crippen MR) is 65.6 cm³/mol. The van der Waals surface area contributed by atoms with Crippen molar-refractivity contribution in [1.82, 2.24) is 5.32 Å². The van der Waals surface area contributed by atoms with Crippen LogP contribution in [0.15, 0.2) is 10.5 Å². The van der Waals surface area contributed by atoms with Gasteiger partial charge in [-0.3, -0.25) is 4.79 Å². The number of aryl methyl sites for hydroxylation is 1. The van der Waals surface area contributed by atoms with Gasteiger partial charge in [0.2, 0.25) is 5.91 Å². The normalized spacial score (nSPS) is 18.3. The number of furan rings is 1. The molecule has 0 saturated carbocycles. The second-order valence-corrected chi connectivity index (χ2v) is 4.39. The van der Waals surface area contributed by atoms with E-state index in [1.807, 2.05) is 0 Å².